The van der Waals surface area contributed by atoms with E-state index in [1.54, 1.807) is 0 Å². The molecule has 1 radical (unpaired) electrons. The molecule has 63 valence electrons. The third-order valence-corrected chi connectivity index (χ3v) is 2.97. The first-order valence-electron chi connectivity index (χ1n) is 4.81. The Morgan fingerprint density at radius 2 is 1.91 bits per heavy atom. The molecule has 0 aromatic carbocycles. The molecule has 2 rings (SSSR count). The first-order chi connectivity index (χ1) is 5.41. The van der Waals surface area contributed by atoms with Gasteiger partial charge in [0.2, 0.25) is 0 Å². The number of nitrogens with one attached hydrogen (secondary N) is 1. The molecule has 2 fully saturated rings. The van der Waals surface area contributed by atoms with Crippen molar-refractivity contribution in [2.75, 3.05) is 19.6 Å². The highest BCUT2D eigenvalue weighted by atomic mass is 15.1. The summed E-state index contributed by atoms with van der Waals surface area (Å²) in [6.07, 6.45) is 6.88. The van der Waals surface area contributed by atoms with Crippen LogP contribution in [-0.4, -0.2) is 25.2 Å². The van der Waals surface area contributed by atoms with E-state index < -0.39 is 0 Å². The third kappa shape index (κ3) is 1.57. The van der Waals surface area contributed by atoms with Crippen molar-refractivity contribution in [1.29, 1.82) is 0 Å². The molecule has 2 nitrogen and oxygen atoms in total. The highest BCUT2D eigenvalue weighted by Crippen LogP contribution is 2.29. The van der Waals surface area contributed by atoms with Crippen LogP contribution in [0.25, 0.3) is 0 Å². The zero-order valence-electron chi connectivity index (χ0n) is 7.10. The van der Waals surface area contributed by atoms with Crippen molar-refractivity contribution in [3.63, 3.8) is 0 Å². The third-order valence-electron chi connectivity index (χ3n) is 2.97. The molecule has 11 heavy (non-hydrogen) atoms. The lowest BCUT2D eigenvalue weighted by molar-refractivity contribution is 0.194. The number of hydrogen-bond donors (Lipinski definition) is 1. The summed E-state index contributed by atoms with van der Waals surface area (Å²) in [5, 5.41) is 8.21. The molecule has 1 spiro atoms. The van der Waals surface area contributed by atoms with Gasteiger partial charge in [-0.15, -0.1) is 0 Å². The number of piperazine rings is 1. The van der Waals surface area contributed by atoms with Gasteiger partial charge in [-0.2, -0.15) is 0 Å². The van der Waals surface area contributed by atoms with Crippen molar-refractivity contribution < 1.29 is 0 Å². The van der Waals surface area contributed by atoms with Gasteiger partial charge in [0.15, 0.2) is 0 Å². The summed E-state index contributed by atoms with van der Waals surface area (Å²) in [5.41, 5.74) is 0.372. The van der Waals surface area contributed by atoms with Crippen molar-refractivity contribution in [3.8, 4) is 0 Å². The molecule has 1 N–H and O–H groups in total. The summed E-state index contributed by atoms with van der Waals surface area (Å²) in [6.45, 7) is 3.29. The second-order valence-corrected chi connectivity index (χ2v) is 3.84. The van der Waals surface area contributed by atoms with E-state index in [-0.39, 0.29) is 0 Å². The van der Waals surface area contributed by atoms with Crippen molar-refractivity contribution in [2.45, 2.75) is 37.6 Å². The minimum absolute atomic E-state index is 0.372. The molecule has 2 aliphatic rings. The van der Waals surface area contributed by atoms with Gasteiger partial charge in [0, 0.05) is 25.2 Å². The maximum absolute atomic E-state index is 4.76. The van der Waals surface area contributed by atoms with Crippen molar-refractivity contribution in [2.24, 2.45) is 0 Å². The van der Waals surface area contributed by atoms with E-state index in [9.17, 15) is 0 Å². The molecule has 0 atom stereocenters. The summed E-state index contributed by atoms with van der Waals surface area (Å²) < 4.78 is 0. The quantitative estimate of drug-likeness (QED) is 0.549. The Morgan fingerprint density at radius 3 is 2.55 bits per heavy atom. The molecular weight excluding hydrogens is 136 g/mol. The summed E-state index contributed by atoms with van der Waals surface area (Å²) in [7, 11) is 0. The second-order valence-electron chi connectivity index (χ2n) is 3.84. The molecule has 0 amide bonds. The molecular formula is C9H17N2. The predicted octanol–water partition coefficient (Wildman–Crippen LogP) is 0.897. The Morgan fingerprint density at radius 1 is 1.09 bits per heavy atom. The summed E-state index contributed by atoms with van der Waals surface area (Å²) in [5.74, 6) is 0. The molecule has 0 bridgehead atoms. The van der Waals surface area contributed by atoms with Gasteiger partial charge in [-0.1, -0.05) is 19.3 Å². The number of rotatable bonds is 0. The average molecular weight is 153 g/mol. The van der Waals surface area contributed by atoms with Gasteiger partial charge in [-0.05, 0) is 12.8 Å². The van der Waals surface area contributed by atoms with E-state index in [2.05, 4.69) is 5.32 Å². The SMILES string of the molecule is C1CCC2(CC1)CNCC[N]2. The van der Waals surface area contributed by atoms with Crippen LogP contribution in [0.1, 0.15) is 32.1 Å². The van der Waals surface area contributed by atoms with Gasteiger partial charge in [-0.3, -0.25) is 0 Å². The number of hydrogen-bond acceptors (Lipinski definition) is 1. The van der Waals surface area contributed by atoms with Crippen LogP contribution in [-0.2, 0) is 0 Å². The molecule has 1 aliphatic heterocycles. The Kier molecular flexibility index (Phi) is 2.14. The standard InChI is InChI=1S/C9H17N2/c1-2-4-9(5-3-1)8-10-6-7-11-9/h10H,1-8H2. The van der Waals surface area contributed by atoms with E-state index >= 15 is 0 Å². The lowest BCUT2D eigenvalue weighted by atomic mass is 9.81. The predicted molar refractivity (Wildman–Crippen MR) is 45.7 cm³/mol. The minimum atomic E-state index is 0.372. The zero-order chi connectivity index (χ0) is 7.57. The van der Waals surface area contributed by atoms with Gasteiger partial charge in [0.1, 0.15) is 0 Å². The topological polar surface area (TPSA) is 26.1 Å². The van der Waals surface area contributed by atoms with E-state index in [1.807, 2.05) is 0 Å². The Bertz CT molecular complexity index is 102. The molecule has 0 aromatic heterocycles. The van der Waals surface area contributed by atoms with Crippen molar-refractivity contribution in [3.05, 3.63) is 0 Å². The fourth-order valence-corrected chi connectivity index (χ4v) is 2.29. The second kappa shape index (κ2) is 3.11. The fourth-order valence-electron chi connectivity index (χ4n) is 2.29. The maximum Gasteiger partial charge on any atom is 0.0481 e. The Hall–Kier alpha value is -0.0800. The maximum atomic E-state index is 4.76. The number of nitrogens with zero attached hydrogens (tertiary/aromatic N) is 1. The van der Waals surface area contributed by atoms with Crippen LogP contribution < -0.4 is 10.6 Å². The van der Waals surface area contributed by atoms with E-state index in [1.165, 1.54) is 32.1 Å². The lowest BCUT2D eigenvalue weighted by Crippen LogP contribution is -2.55. The molecule has 1 saturated carbocycles. The van der Waals surface area contributed by atoms with Crippen LogP contribution >= 0.6 is 0 Å². The molecule has 2 heteroatoms. The van der Waals surface area contributed by atoms with Gasteiger partial charge >= 0.3 is 0 Å². The normalized spacial score (nSPS) is 30.5. The van der Waals surface area contributed by atoms with Crippen molar-refractivity contribution >= 4 is 0 Å². The van der Waals surface area contributed by atoms with Crippen LogP contribution in [0.3, 0.4) is 0 Å². The first-order valence-corrected chi connectivity index (χ1v) is 4.81. The Balaban J connectivity index is 1.94. The highest BCUT2D eigenvalue weighted by Gasteiger charge is 2.33. The van der Waals surface area contributed by atoms with E-state index in [0.717, 1.165) is 19.6 Å². The fraction of sp³-hybridized carbons (Fsp3) is 1.00. The average Bonchev–Trinajstić information content (AvgIpc) is 2.07. The smallest absolute Gasteiger partial charge is 0.0481 e. The van der Waals surface area contributed by atoms with Crippen LogP contribution in [0.4, 0.5) is 0 Å². The Labute approximate surface area is 68.7 Å². The monoisotopic (exact) mass is 153 g/mol. The molecule has 0 aromatic rings. The first kappa shape index (κ1) is 7.56. The van der Waals surface area contributed by atoms with Crippen LogP contribution in [0.2, 0.25) is 0 Å². The molecule has 1 heterocycles. The summed E-state index contributed by atoms with van der Waals surface area (Å²) in [4.78, 5) is 0. The van der Waals surface area contributed by atoms with Gasteiger partial charge in [-0.25, -0.2) is 5.32 Å². The molecule has 0 unspecified atom stereocenters. The van der Waals surface area contributed by atoms with Crippen LogP contribution in [0.5, 0.6) is 0 Å². The van der Waals surface area contributed by atoms with Crippen LogP contribution in [0, 0.1) is 0 Å². The van der Waals surface area contributed by atoms with Crippen LogP contribution in [0.15, 0.2) is 0 Å². The zero-order valence-corrected chi connectivity index (χ0v) is 7.10. The van der Waals surface area contributed by atoms with E-state index in [0.29, 0.717) is 5.54 Å². The highest BCUT2D eigenvalue weighted by molar-refractivity contribution is 4.94. The lowest BCUT2D eigenvalue weighted by Gasteiger charge is -2.40. The molecule has 1 aliphatic carbocycles. The van der Waals surface area contributed by atoms with Gasteiger partial charge in [0.25, 0.3) is 0 Å². The van der Waals surface area contributed by atoms with E-state index in [4.69, 9.17) is 5.32 Å². The summed E-state index contributed by atoms with van der Waals surface area (Å²) in [6, 6.07) is 0. The van der Waals surface area contributed by atoms with Crippen molar-refractivity contribution in [1.82, 2.24) is 10.6 Å². The molecule has 1 saturated heterocycles. The van der Waals surface area contributed by atoms with Gasteiger partial charge in [0.05, 0.1) is 0 Å². The largest absolute Gasteiger partial charge is 0.314 e. The minimum Gasteiger partial charge on any atom is -0.314 e. The summed E-state index contributed by atoms with van der Waals surface area (Å²) >= 11 is 0. The van der Waals surface area contributed by atoms with Gasteiger partial charge < -0.3 is 5.32 Å².